The van der Waals surface area contributed by atoms with Crippen LogP contribution in [0.4, 0.5) is 5.69 Å². The van der Waals surface area contributed by atoms with Gasteiger partial charge >= 0.3 is 0 Å². The maximum Gasteiger partial charge on any atom is 0.116 e. The van der Waals surface area contributed by atoms with E-state index in [1.165, 1.54) is 38.5 Å². The molecule has 230 valence electrons. The van der Waals surface area contributed by atoms with Crippen molar-refractivity contribution < 1.29 is 10.2 Å². The molecule has 1 aliphatic carbocycles. The quantitative estimate of drug-likeness (QED) is 0.171. The third-order valence-electron chi connectivity index (χ3n) is 9.79. The molecule has 0 atom stereocenters. The molecule has 0 amide bonds. The number of nitrogens with two attached hydrogens (primary N) is 1. The molecule has 0 radical (unpaired) electrons. The number of anilines is 1. The van der Waals surface area contributed by atoms with Gasteiger partial charge < -0.3 is 20.5 Å². The molecule has 8 aromatic rings. The number of hydrogen-bond acceptors (Lipinski definition) is 3. The van der Waals surface area contributed by atoms with Crippen LogP contribution in [-0.2, 0) is 12.8 Å². The van der Waals surface area contributed by atoms with Crippen molar-refractivity contribution >= 4 is 27.5 Å². The zero-order valence-electron chi connectivity index (χ0n) is 26.2. The van der Waals surface area contributed by atoms with Gasteiger partial charge in [-0.25, -0.2) is 0 Å². The summed E-state index contributed by atoms with van der Waals surface area (Å²) in [7, 11) is 0. The number of fused-ring (bicyclic) bond motifs is 6. The largest absolute Gasteiger partial charge is 0.508 e. The van der Waals surface area contributed by atoms with Gasteiger partial charge in [-0.15, -0.1) is 0 Å². The SMILES string of the molecule is Nc1ccc(-c2cccc(O)c2)cc1-c1ccc2c(c1)CCc1cc3c4cc(-c5cccc(O)c5)ccc4n(-c4ccccc4)c3cc1-2. The minimum atomic E-state index is 0.246. The van der Waals surface area contributed by atoms with E-state index >= 15 is 0 Å². The average molecular weight is 621 g/mol. The van der Waals surface area contributed by atoms with Crippen LogP contribution in [-0.4, -0.2) is 14.8 Å². The molecule has 0 aliphatic heterocycles. The minimum Gasteiger partial charge on any atom is -0.508 e. The first kappa shape index (κ1) is 28.0. The molecule has 0 bridgehead atoms. The summed E-state index contributed by atoms with van der Waals surface area (Å²) in [5.41, 5.74) is 22.0. The van der Waals surface area contributed by atoms with Crippen molar-refractivity contribution in [2.24, 2.45) is 0 Å². The lowest BCUT2D eigenvalue weighted by molar-refractivity contribution is 0.475. The molecule has 48 heavy (non-hydrogen) atoms. The Kier molecular flexibility index (Phi) is 6.37. The Hall–Kier alpha value is -6.26. The maximum atomic E-state index is 10.2. The molecule has 0 saturated carbocycles. The van der Waals surface area contributed by atoms with Gasteiger partial charge in [-0.1, -0.05) is 72.8 Å². The van der Waals surface area contributed by atoms with Gasteiger partial charge in [0.2, 0.25) is 0 Å². The van der Waals surface area contributed by atoms with E-state index in [1.807, 2.05) is 42.5 Å². The minimum absolute atomic E-state index is 0.246. The first-order valence-corrected chi connectivity index (χ1v) is 16.3. The van der Waals surface area contributed by atoms with Gasteiger partial charge in [0, 0.05) is 27.7 Å². The second-order valence-electron chi connectivity index (χ2n) is 12.7. The molecule has 1 aliphatic rings. The van der Waals surface area contributed by atoms with Crippen LogP contribution >= 0.6 is 0 Å². The van der Waals surface area contributed by atoms with Gasteiger partial charge in [-0.2, -0.15) is 0 Å². The lowest BCUT2D eigenvalue weighted by Crippen LogP contribution is -2.05. The molecule has 4 N–H and O–H groups in total. The Morgan fingerprint density at radius 2 is 1.06 bits per heavy atom. The van der Waals surface area contributed by atoms with Gasteiger partial charge in [0.15, 0.2) is 0 Å². The Balaban J connectivity index is 1.20. The van der Waals surface area contributed by atoms with E-state index < -0.39 is 0 Å². The standard InChI is InChI=1S/C44H32N2O2/c45-42-18-15-29(27-6-4-10-35(47)21-27)23-39(42)32-14-17-37-31(20-32)12-13-33-25-41-40-24-30(28-7-5-11-36(48)22-28)16-19-43(40)46(44(41)26-38(33)37)34-8-2-1-3-9-34/h1-11,14-26,47-48H,12-13,45H2. The number of nitrogen functional groups attached to an aromatic ring is 1. The van der Waals surface area contributed by atoms with Gasteiger partial charge in [-0.05, 0) is 136 Å². The Bertz CT molecular complexity index is 2550. The fraction of sp³-hybridized carbons (Fsp3) is 0.0455. The number of aryl methyl sites for hydroxylation is 2. The highest BCUT2D eigenvalue weighted by Crippen LogP contribution is 2.43. The van der Waals surface area contributed by atoms with E-state index in [4.69, 9.17) is 5.73 Å². The van der Waals surface area contributed by atoms with Crippen molar-refractivity contribution in [3.05, 3.63) is 157 Å². The number of para-hydroxylation sites is 1. The maximum absolute atomic E-state index is 10.2. The van der Waals surface area contributed by atoms with Crippen LogP contribution < -0.4 is 5.73 Å². The molecule has 1 heterocycles. The number of phenols is 2. The van der Waals surface area contributed by atoms with Gasteiger partial charge in [0.1, 0.15) is 11.5 Å². The van der Waals surface area contributed by atoms with E-state index in [-0.39, 0.29) is 11.5 Å². The number of benzene rings is 7. The summed E-state index contributed by atoms with van der Waals surface area (Å²) in [4.78, 5) is 0. The molecule has 1 aromatic heterocycles. The third kappa shape index (κ3) is 4.61. The van der Waals surface area contributed by atoms with E-state index in [0.717, 1.165) is 63.1 Å². The predicted molar refractivity (Wildman–Crippen MR) is 198 cm³/mol. The number of nitrogens with zero attached hydrogens (tertiary/aromatic N) is 1. The van der Waals surface area contributed by atoms with Crippen molar-refractivity contribution in [2.75, 3.05) is 5.73 Å². The summed E-state index contributed by atoms with van der Waals surface area (Å²) in [6.45, 7) is 0. The topological polar surface area (TPSA) is 71.4 Å². The van der Waals surface area contributed by atoms with Crippen LogP contribution in [0.15, 0.2) is 146 Å². The van der Waals surface area contributed by atoms with Crippen molar-refractivity contribution in [3.63, 3.8) is 0 Å². The summed E-state index contributed by atoms with van der Waals surface area (Å²) < 4.78 is 2.37. The highest BCUT2D eigenvalue weighted by Gasteiger charge is 2.22. The monoisotopic (exact) mass is 620 g/mol. The molecule has 0 fully saturated rings. The van der Waals surface area contributed by atoms with Crippen molar-refractivity contribution in [3.8, 4) is 61.7 Å². The zero-order chi connectivity index (χ0) is 32.4. The molecule has 7 aromatic carbocycles. The highest BCUT2D eigenvalue weighted by atomic mass is 16.3. The van der Waals surface area contributed by atoms with Crippen LogP contribution in [0.3, 0.4) is 0 Å². The summed E-state index contributed by atoms with van der Waals surface area (Å²) in [5, 5.41) is 22.6. The van der Waals surface area contributed by atoms with Crippen LogP contribution in [0.5, 0.6) is 11.5 Å². The summed E-state index contributed by atoms with van der Waals surface area (Å²) in [6, 6.07) is 49.5. The van der Waals surface area contributed by atoms with Crippen molar-refractivity contribution in [1.29, 1.82) is 0 Å². The number of aromatic hydroxyl groups is 2. The number of hydrogen-bond donors (Lipinski definition) is 3. The molecule has 0 unspecified atom stereocenters. The Morgan fingerprint density at radius 1 is 0.438 bits per heavy atom. The molecule has 4 nitrogen and oxygen atoms in total. The van der Waals surface area contributed by atoms with Gasteiger partial charge in [-0.3, -0.25) is 0 Å². The van der Waals surface area contributed by atoms with Crippen molar-refractivity contribution in [1.82, 2.24) is 4.57 Å². The fourth-order valence-corrected chi connectivity index (χ4v) is 7.46. The zero-order valence-corrected chi connectivity index (χ0v) is 26.2. The highest BCUT2D eigenvalue weighted by molar-refractivity contribution is 6.12. The molecule has 9 rings (SSSR count). The van der Waals surface area contributed by atoms with Crippen LogP contribution in [0, 0.1) is 0 Å². The summed E-state index contributed by atoms with van der Waals surface area (Å²) >= 11 is 0. The van der Waals surface area contributed by atoms with Crippen molar-refractivity contribution in [2.45, 2.75) is 12.8 Å². The van der Waals surface area contributed by atoms with Gasteiger partial charge in [0.05, 0.1) is 11.0 Å². The number of aromatic nitrogens is 1. The van der Waals surface area contributed by atoms with Gasteiger partial charge in [0.25, 0.3) is 0 Å². The molecule has 4 heteroatoms. The molecule has 0 spiro atoms. The predicted octanol–water partition coefficient (Wildman–Crippen LogP) is 10.5. The molecular weight excluding hydrogens is 588 g/mol. The second-order valence-corrected chi connectivity index (χ2v) is 12.7. The second kappa shape index (κ2) is 10.9. The van der Waals surface area contributed by atoms with Crippen LogP contribution in [0.25, 0.3) is 72.0 Å². The smallest absolute Gasteiger partial charge is 0.116 e. The van der Waals surface area contributed by atoms with E-state index in [9.17, 15) is 10.2 Å². The first-order chi connectivity index (χ1) is 23.5. The van der Waals surface area contributed by atoms with E-state index in [1.54, 1.807) is 18.2 Å². The molecule has 0 saturated heterocycles. The lowest BCUT2D eigenvalue weighted by atomic mass is 9.83. The number of rotatable bonds is 4. The molecular formula is C44H32N2O2. The summed E-state index contributed by atoms with van der Waals surface area (Å²) in [5.74, 6) is 0.512. The Morgan fingerprint density at radius 3 is 1.79 bits per heavy atom. The first-order valence-electron chi connectivity index (χ1n) is 16.3. The van der Waals surface area contributed by atoms with E-state index in [0.29, 0.717) is 0 Å². The normalized spacial score (nSPS) is 12.2. The lowest BCUT2D eigenvalue weighted by Gasteiger charge is -2.22. The number of phenolic OH excluding ortho intramolecular Hbond substituents is 2. The third-order valence-corrected chi connectivity index (χ3v) is 9.79. The fourth-order valence-electron chi connectivity index (χ4n) is 7.46. The van der Waals surface area contributed by atoms with Crippen LogP contribution in [0.1, 0.15) is 11.1 Å². The summed E-state index contributed by atoms with van der Waals surface area (Å²) in [6.07, 6.45) is 1.89. The Labute approximate surface area is 278 Å². The van der Waals surface area contributed by atoms with E-state index in [2.05, 4.69) is 89.5 Å². The average Bonchev–Trinajstić information content (AvgIpc) is 3.43. The van der Waals surface area contributed by atoms with Crippen LogP contribution in [0.2, 0.25) is 0 Å².